The van der Waals surface area contributed by atoms with Crippen molar-refractivity contribution < 1.29 is 27.4 Å². The molecule has 1 heterocycles. The fraction of sp³-hybridized carbons (Fsp3) is 0.400. The zero-order chi connectivity index (χ0) is 16.8. The normalized spacial score (nSPS) is 12.6. The molecule has 1 atom stereocenters. The van der Waals surface area contributed by atoms with Crippen LogP contribution in [0.15, 0.2) is 23.4 Å². The van der Waals surface area contributed by atoms with Crippen molar-refractivity contribution in [2.45, 2.75) is 16.7 Å². The first-order chi connectivity index (χ1) is 10.3. The molecule has 9 nitrogen and oxygen atoms in total. The van der Waals surface area contributed by atoms with E-state index in [1.165, 1.54) is 33.7 Å². The Morgan fingerprint density at radius 3 is 2.68 bits per heavy atom. The van der Waals surface area contributed by atoms with Crippen LogP contribution in [0.25, 0.3) is 0 Å². The number of carbonyl (C=O) groups is 1. The minimum absolute atomic E-state index is 0.129. The van der Waals surface area contributed by atoms with E-state index >= 15 is 0 Å². The van der Waals surface area contributed by atoms with E-state index in [0.29, 0.717) is 5.03 Å². The van der Waals surface area contributed by atoms with Gasteiger partial charge in [0.25, 0.3) is 15.8 Å². The average molecular weight is 368 g/mol. The minimum Gasteiger partial charge on any atom is -0.468 e. The maximum absolute atomic E-state index is 11.3. The lowest BCUT2D eigenvalue weighted by Gasteiger charge is -2.10. The van der Waals surface area contributed by atoms with Gasteiger partial charge in [-0.05, 0) is 23.3 Å². The lowest BCUT2D eigenvalue weighted by molar-refractivity contribution is -0.385. The Labute approximate surface area is 134 Å². The Bertz CT molecular complexity index is 632. The number of hydrogen-bond donors (Lipinski definition) is 1. The first-order valence-corrected chi connectivity index (χ1v) is 9.52. The average Bonchev–Trinajstić information content (AvgIpc) is 2.45. The van der Waals surface area contributed by atoms with Crippen molar-refractivity contribution in [3.05, 3.63) is 28.4 Å². The third-order valence-corrected chi connectivity index (χ3v) is 5.81. The van der Waals surface area contributed by atoms with E-state index in [4.69, 9.17) is 4.55 Å². The maximum atomic E-state index is 11.3. The van der Waals surface area contributed by atoms with Gasteiger partial charge in [-0.15, -0.1) is 0 Å². The van der Waals surface area contributed by atoms with Gasteiger partial charge in [-0.25, -0.2) is 4.98 Å². The number of carbonyl (C=O) groups excluding carboxylic acids is 1. The highest BCUT2D eigenvalue weighted by atomic mass is 33.1. The lowest BCUT2D eigenvalue weighted by atomic mass is 10.3. The van der Waals surface area contributed by atoms with Crippen molar-refractivity contribution in [2.24, 2.45) is 0 Å². The summed E-state index contributed by atoms with van der Waals surface area (Å²) in [6.07, 6.45) is 0.981. The molecule has 1 unspecified atom stereocenters. The van der Waals surface area contributed by atoms with Gasteiger partial charge in [0.1, 0.15) is 11.2 Å². The largest absolute Gasteiger partial charge is 0.468 e. The molecule has 0 spiro atoms. The third kappa shape index (κ3) is 5.79. The molecule has 0 amide bonds. The van der Waals surface area contributed by atoms with E-state index in [9.17, 15) is 23.3 Å². The second kappa shape index (κ2) is 8.31. The molecule has 0 saturated heterocycles. The van der Waals surface area contributed by atoms with E-state index in [1.807, 2.05) is 0 Å². The summed E-state index contributed by atoms with van der Waals surface area (Å²) < 4.78 is 35.4. The standard InChI is InChI=1S/C10H12N2O7S3/c1-19-10(13)8(22(16,17)18)4-5-20-21-9-3-2-7(6-11-9)12(14)15/h2-3,6,8H,4-5H2,1H3,(H,16,17,18). The quantitative estimate of drug-likeness (QED) is 0.180. The number of nitro groups is 1. The zero-order valence-electron chi connectivity index (χ0n) is 11.2. The number of hydrogen-bond acceptors (Lipinski definition) is 9. The SMILES string of the molecule is COC(=O)C(CCSSc1ccc([N+](=O)[O-])cn1)S(=O)(=O)O. The molecule has 0 aromatic carbocycles. The van der Waals surface area contributed by atoms with Crippen LogP contribution in [0.3, 0.4) is 0 Å². The summed E-state index contributed by atoms with van der Waals surface area (Å²) in [4.78, 5) is 25.0. The van der Waals surface area contributed by atoms with E-state index in [2.05, 4.69) is 9.72 Å². The minimum atomic E-state index is -4.52. The Balaban J connectivity index is 2.49. The zero-order valence-corrected chi connectivity index (χ0v) is 13.7. The first-order valence-electron chi connectivity index (χ1n) is 5.69. The van der Waals surface area contributed by atoms with E-state index in [1.54, 1.807) is 0 Å². The van der Waals surface area contributed by atoms with E-state index in [0.717, 1.165) is 13.3 Å². The second-order valence-corrected chi connectivity index (χ2v) is 7.87. The van der Waals surface area contributed by atoms with Gasteiger partial charge in [-0.2, -0.15) is 8.42 Å². The third-order valence-electron chi connectivity index (χ3n) is 2.36. The highest BCUT2D eigenvalue weighted by Gasteiger charge is 2.31. The lowest BCUT2D eigenvalue weighted by Crippen LogP contribution is -2.31. The Morgan fingerprint density at radius 1 is 1.55 bits per heavy atom. The molecule has 0 fully saturated rings. The topological polar surface area (TPSA) is 137 Å². The monoisotopic (exact) mass is 368 g/mol. The van der Waals surface area contributed by atoms with Crippen LogP contribution in [0.4, 0.5) is 5.69 Å². The van der Waals surface area contributed by atoms with Gasteiger partial charge in [-0.3, -0.25) is 19.5 Å². The summed E-state index contributed by atoms with van der Waals surface area (Å²) >= 11 is 0. The summed E-state index contributed by atoms with van der Waals surface area (Å²) in [7, 11) is -1.13. The maximum Gasteiger partial charge on any atom is 0.326 e. The summed E-state index contributed by atoms with van der Waals surface area (Å²) in [6.45, 7) is 0. The van der Waals surface area contributed by atoms with Gasteiger partial charge in [0.15, 0.2) is 5.25 Å². The van der Waals surface area contributed by atoms with Crippen LogP contribution in [-0.4, -0.2) is 47.0 Å². The Hall–Kier alpha value is -1.37. The van der Waals surface area contributed by atoms with Gasteiger partial charge in [0, 0.05) is 11.8 Å². The molecular formula is C10H12N2O7S3. The summed E-state index contributed by atoms with van der Waals surface area (Å²) in [5.41, 5.74) is -0.133. The van der Waals surface area contributed by atoms with Crippen LogP contribution in [0.1, 0.15) is 6.42 Å². The van der Waals surface area contributed by atoms with Crippen molar-refractivity contribution in [3.63, 3.8) is 0 Å². The van der Waals surface area contributed by atoms with Crippen LogP contribution >= 0.6 is 21.6 Å². The van der Waals surface area contributed by atoms with Crippen molar-refractivity contribution in [1.82, 2.24) is 4.98 Å². The molecule has 1 aromatic rings. The summed E-state index contributed by atoms with van der Waals surface area (Å²) in [5, 5.41) is 9.33. The molecule has 1 aromatic heterocycles. The van der Waals surface area contributed by atoms with Crippen molar-refractivity contribution in [1.29, 1.82) is 0 Å². The van der Waals surface area contributed by atoms with E-state index < -0.39 is 26.3 Å². The molecule has 0 bridgehead atoms. The fourth-order valence-corrected chi connectivity index (χ4v) is 4.16. The number of esters is 1. The molecule has 0 aliphatic rings. The molecule has 22 heavy (non-hydrogen) atoms. The van der Waals surface area contributed by atoms with Crippen LogP contribution in [0.5, 0.6) is 0 Å². The summed E-state index contributed by atoms with van der Waals surface area (Å²) in [6, 6.07) is 2.75. The molecule has 122 valence electrons. The predicted molar refractivity (Wildman–Crippen MR) is 81.2 cm³/mol. The molecule has 0 aliphatic heterocycles. The fourth-order valence-electron chi connectivity index (χ4n) is 1.31. The number of rotatable bonds is 8. The molecule has 1 N–H and O–H groups in total. The number of pyridine rings is 1. The van der Waals surface area contributed by atoms with Crippen molar-refractivity contribution in [3.8, 4) is 0 Å². The molecule has 0 aliphatic carbocycles. The predicted octanol–water partition coefficient (Wildman–Crippen LogP) is 1.55. The smallest absolute Gasteiger partial charge is 0.326 e. The van der Waals surface area contributed by atoms with Crippen LogP contribution in [0.2, 0.25) is 0 Å². The number of nitrogens with zero attached hydrogens (tertiary/aromatic N) is 2. The van der Waals surface area contributed by atoms with Crippen LogP contribution < -0.4 is 0 Å². The highest BCUT2D eigenvalue weighted by Crippen LogP contribution is 2.31. The number of aromatic nitrogens is 1. The van der Waals surface area contributed by atoms with Crippen molar-refractivity contribution in [2.75, 3.05) is 12.9 Å². The van der Waals surface area contributed by atoms with Gasteiger partial charge in [0.05, 0.1) is 12.0 Å². The van der Waals surface area contributed by atoms with Gasteiger partial charge >= 0.3 is 5.97 Å². The molecule has 0 radical (unpaired) electrons. The Morgan fingerprint density at radius 2 is 2.23 bits per heavy atom. The molecular weight excluding hydrogens is 356 g/mol. The van der Waals surface area contributed by atoms with E-state index in [-0.39, 0.29) is 17.9 Å². The van der Waals surface area contributed by atoms with Gasteiger partial charge < -0.3 is 4.74 Å². The molecule has 1 rings (SSSR count). The molecule has 12 heteroatoms. The second-order valence-electron chi connectivity index (χ2n) is 3.83. The number of ether oxygens (including phenoxy) is 1. The van der Waals surface area contributed by atoms with Gasteiger partial charge in [0.2, 0.25) is 0 Å². The first kappa shape index (κ1) is 18.7. The van der Waals surface area contributed by atoms with Crippen LogP contribution in [-0.2, 0) is 19.6 Å². The highest BCUT2D eigenvalue weighted by molar-refractivity contribution is 8.76. The van der Waals surface area contributed by atoms with Crippen LogP contribution in [0, 0.1) is 10.1 Å². The Kier molecular flexibility index (Phi) is 7.06. The van der Waals surface area contributed by atoms with Gasteiger partial charge in [-0.1, -0.05) is 10.8 Å². The summed E-state index contributed by atoms with van der Waals surface area (Å²) in [5.74, 6) is -0.801. The van der Waals surface area contributed by atoms with Crippen molar-refractivity contribution >= 4 is 43.4 Å². The molecule has 0 saturated carbocycles. The number of methoxy groups -OCH3 is 1.